The average Bonchev–Trinajstić information content (AvgIpc) is 2.47. The molecule has 1 spiro atoms. The van der Waals surface area contributed by atoms with Crippen LogP contribution in [0.15, 0.2) is 22.1 Å². The van der Waals surface area contributed by atoms with Crippen LogP contribution in [0.3, 0.4) is 0 Å². The number of hydrogen-bond donors (Lipinski definition) is 3. The summed E-state index contributed by atoms with van der Waals surface area (Å²) in [6.45, 7) is 0. The average molecular weight is 326 g/mol. The van der Waals surface area contributed by atoms with Crippen molar-refractivity contribution in [1.82, 2.24) is 0 Å². The maximum atomic E-state index is 14.5. The molecule has 0 bridgehead atoms. The summed E-state index contributed by atoms with van der Waals surface area (Å²) in [6.07, 6.45) is 4.35. The fraction of sp³-hybridized carbons (Fsp3) is 0.429. The Morgan fingerprint density at radius 3 is 2.59 bits per heavy atom. The van der Waals surface area contributed by atoms with Gasteiger partial charge < -0.3 is 16.6 Å². The molecule has 2 aliphatic rings. The van der Waals surface area contributed by atoms with Crippen molar-refractivity contribution in [2.75, 3.05) is 4.90 Å². The molecule has 1 aromatic carbocycles. The predicted octanol–water partition coefficient (Wildman–Crippen LogP) is 2.29. The molecule has 0 saturated heterocycles. The molecule has 22 heavy (non-hydrogen) atoms. The minimum atomic E-state index is -0.750. The van der Waals surface area contributed by atoms with Crippen molar-refractivity contribution < 1.29 is 9.50 Å². The summed E-state index contributed by atoms with van der Waals surface area (Å²) < 4.78 is 14.5. The molecule has 0 aromatic heterocycles. The van der Waals surface area contributed by atoms with Crippen LogP contribution in [0.5, 0.6) is 5.75 Å². The number of halogens is 2. The first-order valence-corrected chi connectivity index (χ1v) is 7.49. The SMILES string of the molecule is NC1=NC2(CCCCC2)N(c2ccc(O)c(Cl)c2F)C(N)=N1. The lowest BCUT2D eigenvalue weighted by Gasteiger charge is -2.45. The Morgan fingerprint density at radius 2 is 1.91 bits per heavy atom. The van der Waals surface area contributed by atoms with Crippen molar-refractivity contribution >= 4 is 29.2 Å². The van der Waals surface area contributed by atoms with Crippen LogP contribution in [-0.2, 0) is 0 Å². The number of nitrogens with two attached hydrogens (primary N) is 2. The van der Waals surface area contributed by atoms with E-state index in [1.165, 1.54) is 12.1 Å². The first-order chi connectivity index (χ1) is 10.4. The standard InChI is InChI=1S/C14H17ClFN5O/c15-10-9(22)5-4-8(11(10)16)21-13(18)19-12(17)20-14(21)6-2-1-3-7-14/h4-5,22H,1-3,6-7H2,(H4,17,18,19,20). The summed E-state index contributed by atoms with van der Waals surface area (Å²) in [6, 6.07) is 2.75. The van der Waals surface area contributed by atoms with E-state index in [4.69, 9.17) is 23.1 Å². The Bertz CT molecular complexity index is 669. The van der Waals surface area contributed by atoms with Gasteiger partial charge in [-0.05, 0) is 37.8 Å². The summed E-state index contributed by atoms with van der Waals surface area (Å²) in [4.78, 5) is 9.96. The maximum Gasteiger partial charge on any atom is 0.220 e. The van der Waals surface area contributed by atoms with Gasteiger partial charge in [-0.3, -0.25) is 4.90 Å². The number of phenols is 1. The van der Waals surface area contributed by atoms with E-state index in [2.05, 4.69) is 9.98 Å². The van der Waals surface area contributed by atoms with Gasteiger partial charge in [0.15, 0.2) is 5.82 Å². The van der Waals surface area contributed by atoms with Crippen LogP contribution in [0, 0.1) is 5.82 Å². The molecule has 8 heteroatoms. The number of rotatable bonds is 1. The van der Waals surface area contributed by atoms with E-state index in [1.807, 2.05) is 0 Å². The fourth-order valence-electron chi connectivity index (χ4n) is 3.17. The van der Waals surface area contributed by atoms with Gasteiger partial charge in [-0.15, -0.1) is 0 Å². The summed E-state index contributed by atoms with van der Waals surface area (Å²) in [5.74, 6) is -0.896. The Hall–Kier alpha value is -2.02. The summed E-state index contributed by atoms with van der Waals surface area (Å²) in [5, 5.41) is 9.18. The van der Waals surface area contributed by atoms with Gasteiger partial charge in [0, 0.05) is 0 Å². The zero-order valence-corrected chi connectivity index (χ0v) is 12.6. The molecule has 1 fully saturated rings. The van der Waals surface area contributed by atoms with Crippen LogP contribution < -0.4 is 16.4 Å². The summed E-state index contributed by atoms with van der Waals surface area (Å²) in [5.41, 5.74) is 11.2. The van der Waals surface area contributed by atoms with Gasteiger partial charge in [-0.1, -0.05) is 18.0 Å². The Kier molecular flexibility index (Phi) is 3.60. The Balaban J connectivity index is 2.14. The predicted molar refractivity (Wildman–Crippen MR) is 84.6 cm³/mol. The number of anilines is 1. The molecule has 0 unspecified atom stereocenters. The second-order valence-corrected chi connectivity index (χ2v) is 5.93. The van der Waals surface area contributed by atoms with Crippen LogP contribution in [0.2, 0.25) is 5.02 Å². The van der Waals surface area contributed by atoms with Crippen molar-refractivity contribution in [3.63, 3.8) is 0 Å². The Morgan fingerprint density at radius 1 is 1.23 bits per heavy atom. The highest BCUT2D eigenvalue weighted by Gasteiger charge is 2.43. The van der Waals surface area contributed by atoms with E-state index in [0.29, 0.717) is 12.8 Å². The largest absolute Gasteiger partial charge is 0.506 e. The molecule has 1 aliphatic carbocycles. The van der Waals surface area contributed by atoms with Crippen LogP contribution >= 0.6 is 11.6 Å². The van der Waals surface area contributed by atoms with Gasteiger partial charge in [0.2, 0.25) is 11.9 Å². The van der Waals surface area contributed by atoms with E-state index in [1.54, 1.807) is 4.90 Å². The molecule has 3 rings (SSSR count). The number of phenolic OH excluding ortho intramolecular Hbond substituents is 1. The number of hydrogen-bond acceptors (Lipinski definition) is 6. The molecular weight excluding hydrogens is 309 g/mol. The fourth-order valence-corrected chi connectivity index (χ4v) is 3.33. The van der Waals surface area contributed by atoms with Crippen molar-refractivity contribution in [3.05, 3.63) is 23.0 Å². The molecule has 1 aliphatic heterocycles. The molecule has 6 nitrogen and oxygen atoms in total. The zero-order valence-electron chi connectivity index (χ0n) is 11.9. The molecule has 1 heterocycles. The van der Waals surface area contributed by atoms with Gasteiger partial charge in [0.1, 0.15) is 16.4 Å². The van der Waals surface area contributed by atoms with E-state index in [0.717, 1.165) is 19.3 Å². The van der Waals surface area contributed by atoms with E-state index in [9.17, 15) is 9.50 Å². The molecule has 118 valence electrons. The quantitative estimate of drug-likeness (QED) is 0.737. The smallest absolute Gasteiger partial charge is 0.220 e. The molecular formula is C14H17ClFN5O. The second-order valence-electron chi connectivity index (χ2n) is 5.55. The van der Waals surface area contributed by atoms with Gasteiger partial charge in [0.25, 0.3) is 0 Å². The number of aromatic hydroxyl groups is 1. The molecule has 1 aromatic rings. The molecule has 1 saturated carbocycles. The van der Waals surface area contributed by atoms with Crippen molar-refractivity contribution in [1.29, 1.82) is 0 Å². The maximum absolute atomic E-state index is 14.5. The minimum absolute atomic E-state index is 0.0788. The lowest BCUT2D eigenvalue weighted by molar-refractivity contribution is 0.303. The molecule has 5 N–H and O–H groups in total. The third-order valence-electron chi connectivity index (χ3n) is 4.13. The topological polar surface area (TPSA) is 100 Å². The lowest BCUT2D eigenvalue weighted by atomic mass is 9.87. The van der Waals surface area contributed by atoms with Gasteiger partial charge in [-0.2, -0.15) is 4.99 Å². The first kappa shape index (κ1) is 14.9. The molecule has 0 atom stereocenters. The second kappa shape index (κ2) is 5.31. The van der Waals surface area contributed by atoms with Crippen LogP contribution in [-0.4, -0.2) is 22.7 Å². The third-order valence-corrected chi connectivity index (χ3v) is 4.49. The van der Waals surface area contributed by atoms with Crippen LogP contribution in [0.25, 0.3) is 0 Å². The van der Waals surface area contributed by atoms with Gasteiger partial charge in [-0.25, -0.2) is 9.38 Å². The number of guanidine groups is 2. The summed E-state index contributed by atoms with van der Waals surface area (Å²) >= 11 is 5.81. The number of aliphatic imine (C=N–C) groups is 2. The highest BCUT2D eigenvalue weighted by atomic mass is 35.5. The highest BCUT2D eigenvalue weighted by molar-refractivity contribution is 6.32. The van der Waals surface area contributed by atoms with E-state index >= 15 is 0 Å². The molecule has 0 amide bonds. The number of nitrogens with zero attached hydrogens (tertiary/aromatic N) is 3. The number of benzene rings is 1. The zero-order chi connectivity index (χ0) is 15.9. The van der Waals surface area contributed by atoms with Crippen molar-refractivity contribution in [3.8, 4) is 5.75 Å². The van der Waals surface area contributed by atoms with E-state index in [-0.39, 0.29) is 28.4 Å². The lowest BCUT2D eigenvalue weighted by Crippen LogP contribution is -2.58. The first-order valence-electron chi connectivity index (χ1n) is 7.11. The van der Waals surface area contributed by atoms with Crippen molar-refractivity contribution in [2.45, 2.75) is 37.8 Å². The van der Waals surface area contributed by atoms with Crippen LogP contribution in [0.4, 0.5) is 10.1 Å². The van der Waals surface area contributed by atoms with E-state index < -0.39 is 11.5 Å². The third kappa shape index (κ3) is 2.25. The minimum Gasteiger partial charge on any atom is -0.506 e. The summed E-state index contributed by atoms with van der Waals surface area (Å²) in [7, 11) is 0. The van der Waals surface area contributed by atoms with Gasteiger partial charge >= 0.3 is 0 Å². The van der Waals surface area contributed by atoms with Crippen molar-refractivity contribution in [2.24, 2.45) is 21.5 Å². The molecule has 0 radical (unpaired) electrons. The normalized spacial score (nSPS) is 20.7. The Labute approximate surface area is 132 Å². The van der Waals surface area contributed by atoms with Crippen LogP contribution in [0.1, 0.15) is 32.1 Å². The van der Waals surface area contributed by atoms with Gasteiger partial charge in [0.05, 0.1) is 5.69 Å². The monoisotopic (exact) mass is 325 g/mol. The highest BCUT2D eigenvalue weighted by Crippen LogP contribution is 2.42.